The molecule has 1 aromatic carbocycles. The molecular formula is C25H32N2O5. The van der Waals surface area contributed by atoms with E-state index in [1.807, 2.05) is 19.9 Å². The maximum absolute atomic E-state index is 13.2. The monoisotopic (exact) mass is 440 g/mol. The molecule has 0 spiro atoms. The molecule has 0 aliphatic carbocycles. The van der Waals surface area contributed by atoms with Gasteiger partial charge in [-0.25, -0.2) is 0 Å². The number of hydrogen-bond donors (Lipinski definition) is 1. The Labute approximate surface area is 189 Å². The predicted molar refractivity (Wildman–Crippen MR) is 122 cm³/mol. The Hall–Kier alpha value is -3.11. The Morgan fingerprint density at radius 2 is 1.84 bits per heavy atom. The zero-order chi connectivity index (χ0) is 23.7. The lowest BCUT2D eigenvalue weighted by atomic mass is 9.97. The minimum atomic E-state index is -0.612. The summed E-state index contributed by atoms with van der Waals surface area (Å²) in [6.45, 7) is 8.57. The van der Waals surface area contributed by atoms with Crippen molar-refractivity contribution in [3.63, 3.8) is 0 Å². The predicted octanol–water partition coefficient (Wildman–Crippen LogP) is 4.35. The van der Waals surface area contributed by atoms with E-state index >= 15 is 0 Å². The number of ketones is 1. The zero-order valence-electron chi connectivity index (χ0n) is 19.3. The summed E-state index contributed by atoms with van der Waals surface area (Å²) in [5, 5.41) is 20.3. The summed E-state index contributed by atoms with van der Waals surface area (Å²) in [7, 11) is 0. The lowest BCUT2D eigenvalue weighted by Gasteiger charge is -2.16. The number of nitriles is 1. The smallest absolute Gasteiger partial charge is 0.271 e. The Morgan fingerprint density at radius 1 is 1.16 bits per heavy atom. The van der Waals surface area contributed by atoms with Gasteiger partial charge in [0, 0.05) is 18.7 Å². The van der Waals surface area contributed by atoms with Gasteiger partial charge in [0.05, 0.1) is 18.3 Å². The fraction of sp³-hybridized carbons (Fsp3) is 0.480. The molecule has 172 valence electrons. The Bertz CT molecular complexity index is 1020. The van der Waals surface area contributed by atoms with Crippen molar-refractivity contribution in [1.29, 1.82) is 5.26 Å². The van der Waals surface area contributed by atoms with Gasteiger partial charge in [-0.2, -0.15) is 5.26 Å². The van der Waals surface area contributed by atoms with Crippen LogP contribution < -0.4 is 10.3 Å². The van der Waals surface area contributed by atoms with Crippen molar-refractivity contribution in [1.82, 2.24) is 4.57 Å². The molecule has 7 nitrogen and oxygen atoms in total. The first kappa shape index (κ1) is 25.2. The molecule has 0 unspecified atom stereocenters. The first-order chi connectivity index (χ1) is 15.3. The molecular weight excluding hydrogens is 408 g/mol. The highest BCUT2D eigenvalue weighted by molar-refractivity contribution is 6.11. The van der Waals surface area contributed by atoms with Crippen LogP contribution in [0, 0.1) is 18.3 Å². The highest BCUT2D eigenvalue weighted by Gasteiger charge is 2.24. The van der Waals surface area contributed by atoms with Gasteiger partial charge in [0.25, 0.3) is 5.56 Å². The second-order valence-electron chi connectivity index (χ2n) is 7.95. The van der Waals surface area contributed by atoms with Crippen LogP contribution in [0.5, 0.6) is 11.6 Å². The lowest BCUT2D eigenvalue weighted by molar-refractivity contribution is 0.0743. The van der Waals surface area contributed by atoms with Crippen LogP contribution in [0.25, 0.3) is 0 Å². The van der Waals surface area contributed by atoms with Crippen molar-refractivity contribution in [2.45, 2.75) is 66.0 Å². The topological polar surface area (TPSA) is 102 Å². The Balaban J connectivity index is 2.31. The first-order valence-electron chi connectivity index (χ1n) is 11.1. The molecule has 0 atom stereocenters. The summed E-state index contributed by atoms with van der Waals surface area (Å²) in [5.41, 5.74) is -0.287. The van der Waals surface area contributed by atoms with Crippen molar-refractivity contribution in [3.8, 4) is 17.7 Å². The number of carbonyl (C=O) groups is 1. The number of unbranched alkanes of at least 4 members (excludes halogenated alkanes) is 2. The Morgan fingerprint density at radius 3 is 2.44 bits per heavy atom. The van der Waals surface area contributed by atoms with Gasteiger partial charge in [-0.1, -0.05) is 19.8 Å². The van der Waals surface area contributed by atoms with Crippen molar-refractivity contribution >= 4 is 5.78 Å². The van der Waals surface area contributed by atoms with Gasteiger partial charge in [0.1, 0.15) is 17.4 Å². The number of rotatable bonds is 12. The van der Waals surface area contributed by atoms with Crippen molar-refractivity contribution in [2.24, 2.45) is 0 Å². The minimum Gasteiger partial charge on any atom is -0.494 e. The maximum atomic E-state index is 13.2. The number of benzene rings is 1. The van der Waals surface area contributed by atoms with Crippen LogP contribution in [0.4, 0.5) is 0 Å². The molecule has 1 N–H and O–H groups in total. The van der Waals surface area contributed by atoms with Gasteiger partial charge in [0.15, 0.2) is 5.78 Å². The summed E-state index contributed by atoms with van der Waals surface area (Å²) in [6, 6.07) is 8.53. The average Bonchev–Trinajstić information content (AvgIpc) is 2.76. The first-order valence-corrected chi connectivity index (χ1v) is 11.1. The van der Waals surface area contributed by atoms with Crippen LogP contribution >= 0.6 is 0 Å². The molecule has 0 saturated carbocycles. The van der Waals surface area contributed by atoms with Gasteiger partial charge in [-0.3, -0.25) is 14.2 Å². The number of nitrogens with zero attached hydrogens (tertiary/aromatic N) is 2. The van der Waals surface area contributed by atoms with E-state index in [-0.39, 0.29) is 29.3 Å². The number of ether oxygens (including phenoxy) is 2. The van der Waals surface area contributed by atoms with E-state index < -0.39 is 17.2 Å². The van der Waals surface area contributed by atoms with Crippen LogP contribution in [0.2, 0.25) is 0 Å². The molecule has 0 aliphatic heterocycles. The van der Waals surface area contributed by atoms with Crippen molar-refractivity contribution < 1.29 is 19.4 Å². The van der Waals surface area contributed by atoms with Crippen LogP contribution in [0.3, 0.4) is 0 Å². The Kier molecular flexibility index (Phi) is 9.48. The molecule has 2 aromatic rings. The molecule has 1 heterocycles. The third-order valence-corrected chi connectivity index (χ3v) is 5.14. The highest BCUT2D eigenvalue weighted by Crippen LogP contribution is 2.26. The number of aromatic nitrogens is 1. The fourth-order valence-corrected chi connectivity index (χ4v) is 3.36. The van der Waals surface area contributed by atoms with Gasteiger partial charge < -0.3 is 14.6 Å². The van der Waals surface area contributed by atoms with E-state index in [1.165, 1.54) is 6.92 Å². The second kappa shape index (κ2) is 12.1. The van der Waals surface area contributed by atoms with E-state index in [2.05, 4.69) is 6.92 Å². The van der Waals surface area contributed by atoms with Crippen LogP contribution in [-0.2, 0) is 11.3 Å². The average molecular weight is 441 g/mol. The molecule has 1 aromatic heterocycles. The molecule has 0 bridgehead atoms. The van der Waals surface area contributed by atoms with Crippen LogP contribution in [0.1, 0.15) is 73.5 Å². The van der Waals surface area contributed by atoms with E-state index in [4.69, 9.17) is 9.47 Å². The summed E-state index contributed by atoms with van der Waals surface area (Å²) in [4.78, 5) is 25.9. The van der Waals surface area contributed by atoms with Gasteiger partial charge in [0.2, 0.25) is 5.88 Å². The minimum absolute atomic E-state index is 0.0393. The summed E-state index contributed by atoms with van der Waals surface area (Å²) in [6.07, 6.45) is 3.67. The summed E-state index contributed by atoms with van der Waals surface area (Å²) in [5.74, 6) is -0.228. The standard InChI is InChI=1S/C25H32N2O5/c1-5-6-7-14-32-20-11-9-19(10-12-20)23(28)22-18(4)21(16-26)24(29)27(25(22)30)13-8-15-31-17(2)3/h9-12,17,30H,5-8,13-15H2,1-4H3. The van der Waals surface area contributed by atoms with E-state index in [9.17, 15) is 20.0 Å². The normalized spacial score (nSPS) is 10.9. The number of pyridine rings is 1. The van der Waals surface area contributed by atoms with Gasteiger partial charge in [-0.15, -0.1) is 0 Å². The summed E-state index contributed by atoms with van der Waals surface area (Å²) < 4.78 is 12.2. The molecule has 7 heteroatoms. The third-order valence-electron chi connectivity index (χ3n) is 5.14. The third kappa shape index (κ3) is 6.21. The molecule has 0 fully saturated rings. The van der Waals surface area contributed by atoms with Crippen LogP contribution in [0.15, 0.2) is 29.1 Å². The second-order valence-corrected chi connectivity index (χ2v) is 7.95. The lowest BCUT2D eigenvalue weighted by Crippen LogP contribution is -2.27. The van der Waals surface area contributed by atoms with E-state index in [0.29, 0.717) is 30.9 Å². The molecule has 0 radical (unpaired) electrons. The number of aromatic hydroxyl groups is 1. The number of hydrogen-bond acceptors (Lipinski definition) is 6. The molecule has 0 aliphatic rings. The number of carbonyl (C=O) groups excluding carboxylic acids is 1. The van der Waals surface area contributed by atoms with Gasteiger partial charge in [-0.05, 0) is 63.4 Å². The van der Waals surface area contributed by atoms with Crippen molar-refractivity contribution in [2.75, 3.05) is 13.2 Å². The van der Waals surface area contributed by atoms with Crippen LogP contribution in [-0.4, -0.2) is 34.8 Å². The highest BCUT2D eigenvalue weighted by atomic mass is 16.5. The molecule has 0 amide bonds. The largest absolute Gasteiger partial charge is 0.494 e. The maximum Gasteiger partial charge on any atom is 0.271 e. The zero-order valence-corrected chi connectivity index (χ0v) is 19.3. The molecule has 32 heavy (non-hydrogen) atoms. The SMILES string of the molecule is CCCCCOc1ccc(C(=O)c2c(C)c(C#N)c(=O)n(CCCOC(C)C)c2O)cc1. The van der Waals surface area contributed by atoms with Crippen molar-refractivity contribution in [3.05, 3.63) is 56.9 Å². The fourth-order valence-electron chi connectivity index (χ4n) is 3.36. The molecule has 0 saturated heterocycles. The quantitative estimate of drug-likeness (QED) is 0.389. The van der Waals surface area contributed by atoms with E-state index in [1.54, 1.807) is 24.3 Å². The van der Waals surface area contributed by atoms with Gasteiger partial charge >= 0.3 is 0 Å². The molecule has 2 rings (SSSR count). The summed E-state index contributed by atoms with van der Waals surface area (Å²) >= 11 is 0. The van der Waals surface area contributed by atoms with E-state index in [0.717, 1.165) is 23.8 Å².